The predicted molar refractivity (Wildman–Crippen MR) is 85.7 cm³/mol. The summed E-state index contributed by atoms with van der Waals surface area (Å²) < 4.78 is 14.0. The van der Waals surface area contributed by atoms with Gasteiger partial charge in [-0.2, -0.15) is 0 Å². The van der Waals surface area contributed by atoms with Crippen molar-refractivity contribution in [3.8, 4) is 10.4 Å². The molecule has 0 spiro atoms. The highest BCUT2D eigenvalue weighted by Crippen LogP contribution is 2.36. The molecule has 1 atom stereocenters. The summed E-state index contributed by atoms with van der Waals surface area (Å²) in [6.45, 7) is 9.43. The van der Waals surface area contributed by atoms with Gasteiger partial charge in [0.2, 0.25) is 0 Å². The van der Waals surface area contributed by atoms with Crippen LogP contribution in [-0.2, 0) is 0 Å². The molecule has 2 aromatic rings. The van der Waals surface area contributed by atoms with Gasteiger partial charge in [-0.25, -0.2) is 4.39 Å². The van der Waals surface area contributed by atoms with Crippen molar-refractivity contribution >= 4 is 11.3 Å². The molecule has 3 heteroatoms. The average Bonchev–Trinajstić information content (AvgIpc) is 2.84. The van der Waals surface area contributed by atoms with Crippen LogP contribution >= 0.6 is 11.3 Å². The Morgan fingerprint density at radius 1 is 1.20 bits per heavy atom. The Kier molecular flexibility index (Phi) is 4.95. The Morgan fingerprint density at radius 3 is 2.55 bits per heavy atom. The maximum absolute atomic E-state index is 14.0. The van der Waals surface area contributed by atoms with Crippen LogP contribution in [0, 0.1) is 18.7 Å². The van der Waals surface area contributed by atoms with E-state index < -0.39 is 0 Å². The first-order chi connectivity index (χ1) is 9.54. The van der Waals surface area contributed by atoms with Gasteiger partial charge >= 0.3 is 0 Å². The molecule has 0 aliphatic heterocycles. The molecule has 1 N–H and O–H groups in total. The van der Waals surface area contributed by atoms with Crippen LogP contribution in [0.5, 0.6) is 0 Å². The molecule has 0 saturated heterocycles. The summed E-state index contributed by atoms with van der Waals surface area (Å²) >= 11 is 1.69. The largest absolute Gasteiger partial charge is 0.309 e. The van der Waals surface area contributed by atoms with E-state index >= 15 is 0 Å². The SMILES string of the molecule is CCNC(c1ccc(-c2c(C)cccc2F)s1)C(C)C. The second-order valence-electron chi connectivity index (χ2n) is 5.41. The van der Waals surface area contributed by atoms with E-state index in [0.717, 1.165) is 22.5 Å². The maximum Gasteiger partial charge on any atom is 0.132 e. The van der Waals surface area contributed by atoms with Crippen LogP contribution in [0.1, 0.15) is 37.3 Å². The topological polar surface area (TPSA) is 12.0 Å². The molecule has 2 rings (SSSR count). The highest BCUT2D eigenvalue weighted by Gasteiger charge is 2.18. The minimum atomic E-state index is -0.136. The molecule has 0 amide bonds. The van der Waals surface area contributed by atoms with Crippen molar-refractivity contribution in [2.45, 2.75) is 33.7 Å². The summed E-state index contributed by atoms with van der Waals surface area (Å²) in [5.41, 5.74) is 1.73. The van der Waals surface area contributed by atoms with Gasteiger partial charge in [-0.15, -0.1) is 11.3 Å². The van der Waals surface area contributed by atoms with Gasteiger partial charge in [0.25, 0.3) is 0 Å². The Bertz CT molecular complexity index is 554. The molecule has 0 aliphatic rings. The summed E-state index contributed by atoms with van der Waals surface area (Å²) in [5, 5.41) is 3.51. The zero-order valence-electron chi connectivity index (χ0n) is 12.5. The average molecular weight is 291 g/mol. The van der Waals surface area contributed by atoms with Crippen LogP contribution in [0.15, 0.2) is 30.3 Å². The number of thiophene rings is 1. The van der Waals surface area contributed by atoms with E-state index in [4.69, 9.17) is 0 Å². The number of nitrogens with one attached hydrogen (secondary N) is 1. The van der Waals surface area contributed by atoms with E-state index in [-0.39, 0.29) is 5.82 Å². The Morgan fingerprint density at radius 2 is 1.95 bits per heavy atom. The third kappa shape index (κ3) is 3.10. The summed E-state index contributed by atoms with van der Waals surface area (Å²) in [7, 11) is 0. The minimum absolute atomic E-state index is 0.136. The molecule has 0 saturated carbocycles. The molecule has 1 unspecified atom stereocenters. The van der Waals surface area contributed by atoms with Gasteiger partial charge < -0.3 is 5.32 Å². The molecule has 1 nitrogen and oxygen atoms in total. The number of hydrogen-bond donors (Lipinski definition) is 1. The number of aryl methyl sites for hydroxylation is 1. The van der Waals surface area contributed by atoms with E-state index in [1.165, 1.54) is 10.9 Å². The van der Waals surface area contributed by atoms with Crippen molar-refractivity contribution in [3.05, 3.63) is 46.6 Å². The van der Waals surface area contributed by atoms with Gasteiger partial charge in [0.15, 0.2) is 0 Å². The Hall–Kier alpha value is -1.19. The van der Waals surface area contributed by atoms with Crippen molar-refractivity contribution < 1.29 is 4.39 Å². The fourth-order valence-corrected chi connectivity index (χ4v) is 3.85. The molecule has 0 aliphatic carbocycles. The summed E-state index contributed by atoms with van der Waals surface area (Å²) in [6.07, 6.45) is 0. The molecular formula is C17H22FNS. The van der Waals surface area contributed by atoms with Crippen LogP contribution in [0.25, 0.3) is 10.4 Å². The number of hydrogen-bond acceptors (Lipinski definition) is 2. The first-order valence-electron chi connectivity index (χ1n) is 7.13. The van der Waals surface area contributed by atoms with Crippen molar-refractivity contribution in [1.82, 2.24) is 5.32 Å². The second-order valence-corrected chi connectivity index (χ2v) is 6.53. The van der Waals surface area contributed by atoms with Gasteiger partial charge in [0, 0.05) is 21.4 Å². The van der Waals surface area contributed by atoms with Crippen molar-refractivity contribution in [1.29, 1.82) is 0 Å². The van der Waals surface area contributed by atoms with Crippen LogP contribution in [0.4, 0.5) is 4.39 Å². The van der Waals surface area contributed by atoms with E-state index in [9.17, 15) is 4.39 Å². The summed E-state index contributed by atoms with van der Waals surface area (Å²) in [6, 6.07) is 9.76. The quantitative estimate of drug-likeness (QED) is 0.801. The lowest BCUT2D eigenvalue weighted by Crippen LogP contribution is -2.24. The molecule has 108 valence electrons. The number of rotatable bonds is 5. The standard InChI is InChI=1S/C17H22FNS/c1-5-19-17(11(2)3)15-10-9-14(20-15)16-12(4)7-6-8-13(16)18/h6-11,17,19H,5H2,1-4H3. The Balaban J connectivity index is 2.37. The third-order valence-electron chi connectivity index (χ3n) is 3.49. The minimum Gasteiger partial charge on any atom is -0.309 e. The highest BCUT2D eigenvalue weighted by atomic mass is 32.1. The van der Waals surface area contributed by atoms with E-state index in [0.29, 0.717) is 12.0 Å². The van der Waals surface area contributed by atoms with Gasteiger partial charge in [-0.05, 0) is 43.1 Å². The van der Waals surface area contributed by atoms with E-state index in [2.05, 4.69) is 32.2 Å². The molecule has 0 bridgehead atoms. The zero-order chi connectivity index (χ0) is 14.7. The van der Waals surface area contributed by atoms with Crippen molar-refractivity contribution in [2.24, 2.45) is 5.92 Å². The molecule has 1 aromatic heterocycles. The third-order valence-corrected chi connectivity index (χ3v) is 4.68. The van der Waals surface area contributed by atoms with E-state index in [1.54, 1.807) is 17.4 Å². The zero-order valence-corrected chi connectivity index (χ0v) is 13.4. The molecule has 20 heavy (non-hydrogen) atoms. The smallest absolute Gasteiger partial charge is 0.132 e. The molecule has 0 fully saturated rings. The molecule has 0 radical (unpaired) electrons. The summed E-state index contributed by atoms with van der Waals surface area (Å²) in [4.78, 5) is 2.29. The molecule has 1 heterocycles. The maximum atomic E-state index is 14.0. The fraction of sp³-hybridized carbons (Fsp3) is 0.412. The molecule has 1 aromatic carbocycles. The fourth-order valence-electron chi connectivity index (χ4n) is 2.48. The van der Waals surface area contributed by atoms with Crippen LogP contribution in [-0.4, -0.2) is 6.54 Å². The number of benzene rings is 1. The first-order valence-corrected chi connectivity index (χ1v) is 7.94. The monoisotopic (exact) mass is 291 g/mol. The normalized spacial score (nSPS) is 12.9. The number of halogens is 1. The molecular weight excluding hydrogens is 269 g/mol. The Labute approximate surface area is 124 Å². The van der Waals surface area contributed by atoms with Gasteiger partial charge in [0.05, 0.1) is 0 Å². The van der Waals surface area contributed by atoms with Crippen LogP contribution < -0.4 is 5.32 Å². The van der Waals surface area contributed by atoms with E-state index in [1.807, 2.05) is 19.1 Å². The summed E-state index contributed by atoms with van der Waals surface area (Å²) in [5.74, 6) is 0.381. The lowest BCUT2D eigenvalue weighted by atomic mass is 10.0. The lowest BCUT2D eigenvalue weighted by Gasteiger charge is -2.20. The second kappa shape index (κ2) is 6.51. The van der Waals surface area contributed by atoms with Gasteiger partial charge in [-0.3, -0.25) is 0 Å². The first kappa shape index (κ1) is 15.2. The van der Waals surface area contributed by atoms with Crippen molar-refractivity contribution in [3.63, 3.8) is 0 Å². The van der Waals surface area contributed by atoms with Gasteiger partial charge in [-0.1, -0.05) is 32.9 Å². The van der Waals surface area contributed by atoms with Crippen LogP contribution in [0.3, 0.4) is 0 Å². The predicted octanol–water partition coefficient (Wildman–Crippen LogP) is 5.17. The van der Waals surface area contributed by atoms with Crippen molar-refractivity contribution in [2.75, 3.05) is 6.54 Å². The lowest BCUT2D eigenvalue weighted by molar-refractivity contribution is 0.428. The van der Waals surface area contributed by atoms with Gasteiger partial charge in [0.1, 0.15) is 5.82 Å². The highest BCUT2D eigenvalue weighted by molar-refractivity contribution is 7.15. The van der Waals surface area contributed by atoms with Crippen LogP contribution in [0.2, 0.25) is 0 Å².